The largest absolute Gasteiger partial charge is 0.310 e. The predicted molar refractivity (Wildman–Crippen MR) is 86.1 cm³/mol. The molecule has 21 heavy (non-hydrogen) atoms. The lowest BCUT2D eigenvalue weighted by Crippen LogP contribution is -2.41. The highest BCUT2D eigenvalue weighted by molar-refractivity contribution is 5.99. The lowest BCUT2D eigenvalue weighted by atomic mass is 10.0. The summed E-state index contributed by atoms with van der Waals surface area (Å²) in [7, 11) is 0. The van der Waals surface area contributed by atoms with Gasteiger partial charge in [-0.2, -0.15) is 0 Å². The lowest BCUT2D eigenvalue weighted by molar-refractivity contribution is -0.121. The van der Waals surface area contributed by atoms with E-state index in [0.717, 1.165) is 18.8 Å². The van der Waals surface area contributed by atoms with Crippen LogP contribution in [-0.2, 0) is 11.3 Å². The van der Waals surface area contributed by atoms with E-state index in [1.54, 1.807) is 0 Å². The molecule has 1 aliphatic heterocycles. The molecule has 1 atom stereocenters. The molecule has 0 spiro atoms. The molecule has 1 heterocycles. The van der Waals surface area contributed by atoms with Crippen molar-refractivity contribution in [3.63, 3.8) is 0 Å². The number of carbonyl (C=O) groups excluding carboxylic acids is 1. The van der Waals surface area contributed by atoms with E-state index in [4.69, 9.17) is 0 Å². The van der Waals surface area contributed by atoms with Gasteiger partial charge in [0.05, 0.1) is 0 Å². The van der Waals surface area contributed by atoms with E-state index in [-0.39, 0.29) is 22.7 Å². The molecule has 3 nitrogen and oxygen atoms in total. The smallest absolute Gasteiger partial charge is 0.231 e. The van der Waals surface area contributed by atoms with E-state index in [2.05, 4.69) is 52.1 Å². The average molecular weight is 286 g/mol. The number of anilines is 1. The van der Waals surface area contributed by atoms with Gasteiger partial charge in [0.2, 0.25) is 5.91 Å². The van der Waals surface area contributed by atoms with Crippen LogP contribution in [0.2, 0.25) is 0 Å². The van der Waals surface area contributed by atoms with Gasteiger partial charge in [-0.3, -0.25) is 4.79 Å². The van der Waals surface area contributed by atoms with Crippen molar-refractivity contribution < 1.29 is 4.79 Å². The Balaban J connectivity index is 1.96. The molecule has 114 valence electrons. The Kier molecular flexibility index (Phi) is 3.17. The summed E-state index contributed by atoms with van der Waals surface area (Å²) in [5, 5.41) is 3.49. The summed E-state index contributed by atoms with van der Waals surface area (Å²) < 4.78 is 0. The van der Waals surface area contributed by atoms with Gasteiger partial charge in [-0.15, -0.1) is 0 Å². The maximum absolute atomic E-state index is 13.2. The summed E-state index contributed by atoms with van der Waals surface area (Å²) in [5.74, 6) is 0.399. The fourth-order valence-electron chi connectivity index (χ4n) is 3.82. The summed E-state index contributed by atoms with van der Waals surface area (Å²) >= 11 is 0. The Morgan fingerprint density at radius 2 is 1.81 bits per heavy atom. The third-order valence-corrected chi connectivity index (χ3v) is 5.91. The van der Waals surface area contributed by atoms with Gasteiger partial charge in [-0.25, -0.2) is 0 Å². The molecule has 1 unspecified atom stereocenters. The second-order valence-electron chi connectivity index (χ2n) is 7.74. The van der Waals surface area contributed by atoms with E-state index < -0.39 is 0 Å². The molecule has 1 N–H and O–H groups in total. The standard InChI is InChI=1S/C18H26N2O/c1-12-11-20(14-9-7-6-8-13(14)10-19-12)16(21)15-17(2,3)18(15,4)5/h6-9,12,15,19H,10-11H2,1-5H3. The Morgan fingerprint density at radius 3 is 2.43 bits per heavy atom. The minimum absolute atomic E-state index is 0.0853. The van der Waals surface area contributed by atoms with Crippen molar-refractivity contribution in [2.45, 2.75) is 47.2 Å². The first-order valence-electron chi connectivity index (χ1n) is 7.89. The molecule has 1 aromatic rings. The van der Waals surface area contributed by atoms with Gasteiger partial charge in [0.1, 0.15) is 0 Å². The molecule has 3 rings (SSSR count). The van der Waals surface area contributed by atoms with E-state index >= 15 is 0 Å². The Bertz CT molecular complexity index is 562. The van der Waals surface area contributed by atoms with Crippen molar-refractivity contribution >= 4 is 11.6 Å². The van der Waals surface area contributed by atoms with Crippen molar-refractivity contribution in [2.24, 2.45) is 16.7 Å². The van der Waals surface area contributed by atoms with Gasteiger partial charge in [-0.1, -0.05) is 45.9 Å². The number of nitrogens with one attached hydrogen (secondary N) is 1. The highest BCUT2D eigenvalue weighted by Gasteiger charge is 2.69. The van der Waals surface area contributed by atoms with Crippen LogP contribution in [0.25, 0.3) is 0 Å². The monoisotopic (exact) mass is 286 g/mol. The van der Waals surface area contributed by atoms with E-state index in [0.29, 0.717) is 6.04 Å². The van der Waals surface area contributed by atoms with E-state index in [9.17, 15) is 4.79 Å². The van der Waals surface area contributed by atoms with Crippen LogP contribution in [0.4, 0.5) is 5.69 Å². The minimum Gasteiger partial charge on any atom is -0.310 e. The third kappa shape index (κ3) is 2.10. The highest BCUT2D eigenvalue weighted by atomic mass is 16.2. The summed E-state index contributed by atoms with van der Waals surface area (Å²) in [5.41, 5.74) is 2.47. The highest BCUT2D eigenvalue weighted by Crippen LogP contribution is 2.69. The fraction of sp³-hybridized carbons (Fsp3) is 0.611. The molecule has 1 amide bonds. The molecule has 1 aliphatic carbocycles. The number of para-hydroxylation sites is 1. The van der Waals surface area contributed by atoms with Gasteiger partial charge in [0.25, 0.3) is 0 Å². The maximum Gasteiger partial charge on any atom is 0.231 e. The Labute approximate surface area is 127 Å². The first-order chi connectivity index (χ1) is 9.76. The molecule has 0 saturated heterocycles. The van der Waals surface area contributed by atoms with Crippen molar-refractivity contribution in [3.8, 4) is 0 Å². The molecular formula is C18H26N2O. The summed E-state index contributed by atoms with van der Waals surface area (Å²) in [6, 6.07) is 8.58. The number of rotatable bonds is 1. The second kappa shape index (κ2) is 4.57. The number of nitrogens with zero attached hydrogens (tertiary/aromatic N) is 1. The normalized spacial score (nSPS) is 26.9. The van der Waals surface area contributed by atoms with Gasteiger partial charge < -0.3 is 10.2 Å². The van der Waals surface area contributed by atoms with Crippen LogP contribution in [-0.4, -0.2) is 18.5 Å². The molecule has 1 aromatic carbocycles. The lowest BCUT2D eigenvalue weighted by Gasteiger charge is -2.25. The average Bonchev–Trinajstić information content (AvgIpc) is 2.90. The first-order valence-corrected chi connectivity index (χ1v) is 7.89. The van der Waals surface area contributed by atoms with Gasteiger partial charge in [0.15, 0.2) is 0 Å². The molecule has 1 saturated carbocycles. The van der Waals surface area contributed by atoms with Crippen LogP contribution in [0.3, 0.4) is 0 Å². The van der Waals surface area contributed by atoms with Crippen LogP contribution in [0.15, 0.2) is 24.3 Å². The van der Waals surface area contributed by atoms with Crippen LogP contribution in [0.1, 0.15) is 40.2 Å². The van der Waals surface area contributed by atoms with Crippen LogP contribution < -0.4 is 10.2 Å². The predicted octanol–water partition coefficient (Wildman–Crippen LogP) is 3.19. The molecule has 3 heteroatoms. The number of fused-ring (bicyclic) bond motifs is 1. The van der Waals surface area contributed by atoms with Gasteiger partial charge in [0, 0.05) is 30.7 Å². The van der Waals surface area contributed by atoms with E-state index in [1.807, 2.05) is 17.0 Å². The van der Waals surface area contributed by atoms with E-state index in [1.165, 1.54) is 5.56 Å². The van der Waals surface area contributed by atoms with Crippen molar-refractivity contribution in [1.29, 1.82) is 0 Å². The SMILES string of the molecule is CC1CN(C(=O)C2C(C)(C)C2(C)C)c2ccccc2CN1. The molecular weight excluding hydrogens is 260 g/mol. The number of hydrogen-bond acceptors (Lipinski definition) is 2. The first kappa shape index (κ1) is 14.6. The van der Waals surface area contributed by atoms with Crippen LogP contribution in [0, 0.1) is 16.7 Å². The third-order valence-electron chi connectivity index (χ3n) is 5.91. The van der Waals surface area contributed by atoms with Gasteiger partial charge in [-0.05, 0) is 29.4 Å². The summed E-state index contributed by atoms with van der Waals surface area (Å²) in [6.45, 7) is 12.6. The Morgan fingerprint density at radius 1 is 1.19 bits per heavy atom. The zero-order valence-corrected chi connectivity index (χ0v) is 13.7. The number of carbonyl (C=O) groups is 1. The fourth-order valence-corrected chi connectivity index (χ4v) is 3.82. The number of amides is 1. The zero-order chi connectivity index (χ0) is 15.4. The quantitative estimate of drug-likeness (QED) is 0.860. The Hall–Kier alpha value is -1.35. The molecule has 0 radical (unpaired) electrons. The molecule has 0 bridgehead atoms. The number of benzene rings is 1. The number of hydrogen-bond donors (Lipinski definition) is 1. The van der Waals surface area contributed by atoms with Crippen LogP contribution in [0.5, 0.6) is 0 Å². The molecule has 1 fully saturated rings. The van der Waals surface area contributed by atoms with Gasteiger partial charge >= 0.3 is 0 Å². The summed E-state index contributed by atoms with van der Waals surface area (Å²) in [6.07, 6.45) is 0. The summed E-state index contributed by atoms with van der Waals surface area (Å²) in [4.78, 5) is 15.2. The van der Waals surface area contributed by atoms with Crippen molar-refractivity contribution in [1.82, 2.24) is 5.32 Å². The van der Waals surface area contributed by atoms with Crippen molar-refractivity contribution in [3.05, 3.63) is 29.8 Å². The van der Waals surface area contributed by atoms with Crippen molar-refractivity contribution in [2.75, 3.05) is 11.4 Å². The maximum atomic E-state index is 13.2. The molecule has 2 aliphatic rings. The molecule has 0 aromatic heterocycles. The topological polar surface area (TPSA) is 32.3 Å². The van der Waals surface area contributed by atoms with Crippen LogP contribution >= 0.6 is 0 Å². The zero-order valence-electron chi connectivity index (χ0n) is 13.7. The second-order valence-corrected chi connectivity index (χ2v) is 7.74. The minimum atomic E-state index is 0.0853.